The molecule has 0 aliphatic carbocycles. The van der Waals surface area contributed by atoms with Crippen molar-refractivity contribution in [1.29, 1.82) is 0 Å². The third-order valence-corrected chi connectivity index (χ3v) is 4.58. The van der Waals surface area contributed by atoms with Crippen molar-refractivity contribution in [3.63, 3.8) is 0 Å². The number of para-hydroxylation sites is 1. The van der Waals surface area contributed by atoms with Crippen LogP contribution in [0.15, 0.2) is 90.0 Å². The summed E-state index contributed by atoms with van der Waals surface area (Å²) in [7, 11) is 0. The third kappa shape index (κ3) is 3.14. The molecule has 0 bridgehead atoms. The van der Waals surface area contributed by atoms with Gasteiger partial charge in [-0.1, -0.05) is 36.4 Å². The van der Waals surface area contributed by atoms with Gasteiger partial charge in [0.2, 0.25) is 0 Å². The van der Waals surface area contributed by atoms with Crippen molar-refractivity contribution in [3.8, 4) is 33.9 Å². The van der Waals surface area contributed by atoms with Crippen LogP contribution in [0.25, 0.3) is 27.9 Å². The van der Waals surface area contributed by atoms with Crippen molar-refractivity contribution in [3.05, 3.63) is 95.5 Å². The Morgan fingerprint density at radius 1 is 0.862 bits per heavy atom. The summed E-state index contributed by atoms with van der Waals surface area (Å²) in [6, 6.07) is 22.7. The highest BCUT2D eigenvalue weighted by Crippen LogP contribution is 2.31. The minimum atomic E-state index is -0.234. The van der Waals surface area contributed by atoms with Crippen molar-refractivity contribution < 1.29 is 4.74 Å². The predicted molar refractivity (Wildman–Crippen MR) is 109 cm³/mol. The van der Waals surface area contributed by atoms with E-state index in [0.29, 0.717) is 22.6 Å². The van der Waals surface area contributed by atoms with Gasteiger partial charge in [0.25, 0.3) is 5.56 Å². The van der Waals surface area contributed by atoms with E-state index in [0.717, 1.165) is 16.8 Å². The second kappa shape index (κ2) is 7.05. The van der Waals surface area contributed by atoms with Gasteiger partial charge < -0.3 is 4.74 Å². The summed E-state index contributed by atoms with van der Waals surface area (Å²) in [5.41, 5.74) is 3.00. The molecule has 3 aromatic heterocycles. The second-order valence-corrected chi connectivity index (χ2v) is 6.41. The number of rotatable bonds is 4. The Balaban J connectivity index is 1.56. The van der Waals surface area contributed by atoms with E-state index in [1.54, 1.807) is 16.9 Å². The molecule has 5 aromatic rings. The molecule has 7 nitrogen and oxygen atoms in total. The highest BCUT2D eigenvalue weighted by molar-refractivity contribution is 5.87. The van der Waals surface area contributed by atoms with Crippen LogP contribution in [-0.2, 0) is 0 Å². The van der Waals surface area contributed by atoms with E-state index in [1.807, 2.05) is 72.8 Å². The largest absolute Gasteiger partial charge is 0.457 e. The van der Waals surface area contributed by atoms with Gasteiger partial charge in [-0.2, -0.15) is 0 Å². The molecule has 0 aliphatic rings. The molecule has 0 unspecified atom stereocenters. The monoisotopic (exact) mass is 381 g/mol. The first-order chi connectivity index (χ1) is 14.3. The van der Waals surface area contributed by atoms with Crippen LogP contribution in [0.5, 0.6) is 11.5 Å². The quantitative estimate of drug-likeness (QED) is 0.510. The van der Waals surface area contributed by atoms with Gasteiger partial charge >= 0.3 is 0 Å². The number of aromatic nitrogens is 5. The van der Waals surface area contributed by atoms with Crippen molar-refractivity contribution in [2.75, 3.05) is 0 Å². The molecule has 0 amide bonds. The van der Waals surface area contributed by atoms with Gasteiger partial charge in [-0.25, -0.2) is 0 Å². The number of pyridine rings is 1. The summed E-state index contributed by atoms with van der Waals surface area (Å²) in [6.45, 7) is 0. The highest BCUT2D eigenvalue weighted by atomic mass is 16.5. The van der Waals surface area contributed by atoms with Gasteiger partial charge in [-0.15, -0.1) is 10.2 Å². The van der Waals surface area contributed by atoms with Crippen LogP contribution in [0.2, 0.25) is 0 Å². The first kappa shape index (κ1) is 16.9. The Morgan fingerprint density at radius 2 is 1.62 bits per heavy atom. The minimum absolute atomic E-state index is 0.234. The Morgan fingerprint density at radius 3 is 2.45 bits per heavy atom. The first-order valence-corrected chi connectivity index (χ1v) is 9.01. The standard InChI is InChI=1S/C22H15N5O2/c28-22-20(19-8-4-5-13-27(19)25-22)21-18(14-23-26-24-21)15-9-11-17(12-10-15)29-16-6-2-1-3-7-16/h1-14H,(H,25,28). The number of ether oxygens (including phenoxy) is 1. The number of hydrogen-bond acceptors (Lipinski definition) is 5. The van der Waals surface area contributed by atoms with Crippen LogP contribution < -0.4 is 10.3 Å². The molecule has 1 N–H and O–H groups in total. The summed E-state index contributed by atoms with van der Waals surface area (Å²) in [4.78, 5) is 12.6. The summed E-state index contributed by atoms with van der Waals surface area (Å²) >= 11 is 0. The van der Waals surface area contributed by atoms with Gasteiger partial charge in [-0.05, 0) is 47.2 Å². The number of H-pyrrole nitrogens is 1. The topological polar surface area (TPSA) is 85.2 Å². The van der Waals surface area contributed by atoms with Gasteiger partial charge in [0.1, 0.15) is 17.2 Å². The molecule has 140 valence electrons. The highest BCUT2D eigenvalue weighted by Gasteiger charge is 2.18. The van der Waals surface area contributed by atoms with Crippen LogP contribution in [0.4, 0.5) is 0 Å². The second-order valence-electron chi connectivity index (χ2n) is 6.41. The normalized spacial score (nSPS) is 10.9. The molecule has 29 heavy (non-hydrogen) atoms. The average molecular weight is 381 g/mol. The van der Waals surface area contributed by atoms with E-state index < -0.39 is 0 Å². The summed E-state index contributed by atoms with van der Waals surface area (Å²) in [5, 5.41) is 14.6. The maximum Gasteiger partial charge on any atom is 0.274 e. The molecule has 7 heteroatoms. The fraction of sp³-hybridized carbons (Fsp3) is 0. The van der Waals surface area contributed by atoms with Gasteiger partial charge in [0.05, 0.1) is 17.3 Å². The zero-order valence-electron chi connectivity index (χ0n) is 15.2. The van der Waals surface area contributed by atoms with Gasteiger partial charge in [0, 0.05) is 11.8 Å². The SMILES string of the molecule is O=c1[nH]n2ccccc2c1-c1nnncc1-c1ccc(Oc2ccccc2)cc1. The summed E-state index contributed by atoms with van der Waals surface area (Å²) in [5.74, 6) is 1.48. The number of hydrogen-bond donors (Lipinski definition) is 1. The van der Waals surface area contributed by atoms with Crippen LogP contribution >= 0.6 is 0 Å². The zero-order chi connectivity index (χ0) is 19.6. The molecule has 0 atom stereocenters. The molecule has 3 heterocycles. The molecule has 0 saturated heterocycles. The first-order valence-electron chi connectivity index (χ1n) is 9.01. The van der Waals surface area contributed by atoms with Crippen LogP contribution in [-0.4, -0.2) is 25.0 Å². The van der Waals surface area contributed by atoms with Crippen LogP contribution in [0, 0.1) is 0 Å². The molecule has 0 fully saturated rings. The van der Waals surface area contributed by atoms with Crippen molar-refractivity contribution in [2.24, 2.45) is 0 Å². The summed E-state index contributed by atoms with van der Waals surface area (Å²) < 4.78 is 7.51. The van der Waals surface area contributed by atoms with E-state index in [-0.39, 0.29) is 5.56 Å². The average Bonchev–Trinajstić information content (AvgIpc) is 3.11. The van der Waals surface area contributed by atoms with E-state index >= 15 is 0 Å². The molecule has 0 radical (unpaired) electrons. The summed E-state index contributed by atoms with van der Waals surface area (Å²) in [6.07, 6.45) is 3.39. The number of benzene rings is 2. The predicted octanol–water partition coefficient (Wildman–Crippen LogP) is 3.94. The van der Waals surface area contributed by atoms with Gasteiger partial charge in [-0.3, -0.25) is 14.4 Å². The van der Waals surface area contributed by atoms with Crippen LogP contribution in [0.1, 0.15) is 0 Å². The van der Waals surface area contributed by atoms with E-state index in [4.69, 9.17) is 4.74 Å². The fourth-order valence-electron chi connectivity index (χ4n) is 3.25. The Hall–Kier alpha value is -4.26. The fourth-order valence-corrected chi connectivity index (χ4v) is 3.25. The maximum atomic E-state index is 12.6. The lowest BCUT2D eigenvalue weighted by Gasteiger charge is -2.08. The number of fused-ring (bicyclic) bond motifs is 1. The lowest BCUT2D eigenvalue weighted by atomic mass is 10.0. The third-order valence-electron chi connectivity index (χ3n) is 4.58. The Kier molecular flexibility index (Phi) is 4.10. The molecule has 2 aromatic carbocycles. The molecule has 0 saturated carbocycles. The van der Waals surface area contributed by atoms with Crippen LogP contribution in [0.3, 0.4) is 0 Å². The maximum absolute atomic E-state index is 12.6. The Labute approximate surface area is 165 Å². The van der Waals surface area contributed by atoms with Crippen molar-refractivity contribution in [2.45, 2.75) is 0 Å². The van der Waals surface area contributed by atoms with Gasteiger partial charge in [0.15, 0.2) is 0 Å². The lowest BCUT2D eigenvalue weighted by molar-refractivity contribution is 0.483. The zero-order valence-corrected chi connectivity index (χ0v) is 15.2. The van der Waals surface area contributed by atoms with E-state index in [1.165, 1.54) is 0 Å². The number of aromatic amines is 1. The number of nitrogens with zero attached hydrogens (tertiary/aromatic N) is 4. The van der Waals surface area contributed by atoms with E-state index in [2.05, 4.69) is 20.5 Å². The molecule has 0 spiro atoms. The minimum Gasteiger partial charge on any atom is -0.457 e. The molecular formula is C22H15N5O2. The molecular weight excluding hydrogens is 366 g/mol. The number of nitrogens with one attached hydrogen (secondary N) is 1. The lowest BCUT2D eigenvalue weighted by Crippen LogP contribution is -2.05. The van der Waals surface area contributed by atoms with Crippen molar-refractivity contribution >= 4 is 5.52 Å². The molecule has 0 aliphatic heterocycles. The van der Waals surface area contributed by atoms with Crippen molar-refractivity contribution in [1.82, 2.24) is 25.0 Å². The smallest absolute Gasteiger partial charge is 0.274 e. The molecule has 5 rings (SSSR count). The Bertz CT molecular complexity index is 1340. The van der Waals surface area contributed by atoms with E-state index in [9.17, 15) is 4.79 Å².